The summed E-state index contributed by atoms with van der Waals surface area (Å²) in [4.78, 5) is 20.9. The number of nitrogens with one attached hydrogen (secondary N) is 2. The van der Waals surface area contributed by atoms with Gasteiger partial charge in [-0.25, -0.2) is 18.1 Å². The molecule has 1 aliphatic rings. The second kappa shape index (κ2) is 11.1. The van der Waals surface area contributed by atoms with Gasteiger partial charge in [0.05, 0.1) is 22.8 Å². The van der Waals surface area contributed by atoms with Crippen molar-refractivity contribution in [1.82, 2.24) is 29.4 Å². The van der Waals surface area contributed by atoms with Gasteiger partial charge in [-0.05, 0) is 63.8 Å². The number of fused-ring (bicyclic) bond motifs is 1. The number of H-pyrrole nitrogens is 1. The van der Waals surface area contributed by atoms with Gasteiger partial charge in [0, 0.05) is 30.6 Å². The molecule has 0 bridgehead atoms. The van der Waals surface area contributed by atoms with Crippen LogP contribution in [0.5, 0.6) is 5.75 Å². The minimum atomic E-state index is -4.55. The van der Waals surface area contributed by atoms with Crippen molar-refractivity contribution in [1.29, 1.82) is 0 Å². The maximum Gasteiger partial charge on any atom is 0.277 e. The van der Waals surface area contributed by atoms with Gasteiger partial charge < -0.3 is 14.6 Å². The van der Waals surface area contributed by atoms with Crippen molar-refractivity contribution in [3.63, 3.8) is 0 Å². The molecule has 0 amide bonds. The Bertz CT molecular complexity index is 1690. The summed E-state index contributed by atoms with van der Waals surface area (Å²) in [5, 5.41) is 4.27. The summed E-state index contributed by atoms with van der Waals surface area (Å²) < 4.78 is 101. The van der Waals surface area contributed by atoms with Gasteiger partial charge in [-0.1, -0.05) is 20.2 Å². The minimum absolute atomic E-state index is 0.0615. The fraction of sp³-hybridized carbons (Fsp3) is 0.560. The third-order valence-electron chi connectivity index (χ3n) is 5.83. The van der Waals surface area contributed by atoms with E-state index >= 15 is 0 Å². The van der Waals surface area contributed by atoms with E-state index in [4.69, 9.17) is 15.7 Å². The van der Waals surface area contributed by atoms with Crippen LogP contribution in [0.15, 0.2) is 27.9 Å². The highest BCUT2D eigenvalue weighted by Gasteiger charge is 2.23. The standard InChI is InChI=1S/C25H36N6O4S/c1-5-8-20-22-23(31(4)29-20)25(32)28-24(27-22)19-16-18(10-11-21(19)35-15-6-2)36(33,34)26-13-12-17-9-7-14-30(17)3/h10-11,16-17,26H,5-9,12-15H2,1-4H3,(H,27,28,32)/i3D3,5D2,12D2,13D. The predicted octanol–water partition coefficient (Wildman–Crippen LogP) is 2.83. The van der Waals surface area contributed by atoms with E-state index in [2.05, 4.69) is 15.1 Å². The van der Waals surface area contributed by atoms with Crippen molar-refractivity contribution in [3.8, 4) is 17.1 Å². The van der Waals surface area contributed by atoms with E-state index < -0.39 is 47.9 Å². The van der Waals surface area contributed by atoms with Crippen LogP contribution in [0, 0.1) is 0 Å². The number of aromatic amines is 1. The van der Waals surface area contributed by atoms with Crippen LogP contribution in [-0.4, -0.2) is 65.8 Å². The van der Waals surface area contributed by atoms with Crippen LogP contribution in [0.4, 0.5) is 0 Å². The second-order valence-electron chi connectivity index (χ2n) is 8.50. The number of nitrogens with zero attached hydrogens (tertiary/aromatic N) is 4. The Morgan fingerprint density at radius 2 is 2.19 bits per heavy atom. The molecule has 0 aliphatic carbocycles. The molecule has 1 aromatic carbocycles. The van der Waals surface area contributed by atoms with E-state index in [1.807, 2.05) is 11.6 Å². The lowest BCUT2D eigenvalue weighted by atomic mass is 10.1. The highest BCUT2D eigenvalue weighted by atomic mass is 32.2. The molecule has 36 heavy (non-hydrogen) atoms. The average Bonchev–Trinajstić information content (AvgIpc) is 3.52. The summed E-state index contributed by atoms with van der Waals surface area (Å²) in [5.74, 6) is 0.134. The van der Waals surface area contributed by atoms with Crippen LogP contribution < -0.4 is 15.0 Å². The fourth-order valence-electron chi connectivity index (χ4n) is 4.08. The van der Waals surface area contributed by atoms with Gasteiger partial charge in [0.1, 0.15) is 17.1 Å². The maximum absolute atomic E-state index is 13.5. The van der Waals surface area contributed by atoms with Crippen molar-refractivity contribution >= 4 is 21.1 Å². The first-order chi connectivity index (χ1) is 20.3. The molecule has 2 N–H and O–H groups in total. The number of hydrogen-bond acceptors (Lipinski definition) is 7. The van der Waals surface area contributed by atoms with Crippen molar-refractivity contribution in [3.05, 3.63) is 34.2 Å². The summed E-state index contributed by atoms with van der Waals surface area (Å²) in [6.07, 6.45) is -3.19. The van der Waals surface area contributed by atoms with Crippen LogP contribution >= 0.6 is 0 Å². The summed E-state index contributed by atoms with van der Waals surface area (Å²) in [6, 6.07) is 2.55. The molecule has 1 aliphatic heterocycles. The monoisotopic (exact) mass is 524 g/mol. The number of ether oxygens (including phenoxy) is 1. The number of sulfonamides is 1. The van der Waals surface area contributed by atoms with Crippen LogP contribution in [-0.2, 0) is 23.5 Å². The van der Waals surface area contributed by atoms with Gasteiger partial charge in [-0.2, -0.15) is 5.10 Å². The molecule has 1 saturated heterocycles. The quantitative estimate of drug-likeness (QED) is 0.395. The van der Waals surface area contributed by atoms with E-state index in [0.717, 1.165) is 4.90 Å². The molecule has 11 heteroatoms. The van der Waals surface area contributed by atoms with Crippen molar-refractivity contribution in [2.75, 3.05) is 26.6 Å². The molecule has 0 saturated carbocycles. The number of likely N-dealkylation sites (tertiary alicyclic amines) is 1. The van der Waals surface area contributed by atoms with E-state index in [9.17, 15) is 13.2 Å². The zero-order chi connectivity index (χ0) is 32.8. The van der Waals surface area contributed by atoms with Gasteiger partial charge in [0.15, 0.2) is 5.52 Å². The minimum Gasteiger partial charge on any atom is -0.493 e. The Kier molecular flexibility index (Phi) is 5.44. The van der Waals surface area contributed by atoms with Crippen molar-refractivity contribution in [2.24, 2.45) is 7.05 Å². The Labute approximate surface area is 223 Å². The predicted molar refractivity (Wildman–Crippen MR) is 140 cm³/mol. The topological polar surface area (TPSA) is 122 Å². The summed E-state index contributed by atoms with van der Waals surface area (Å²) >= 11 is 0. The summed E-state index contributed by atoms with van der Waals surface area (Å²) in [7, 11) is -3.02. The average molecular weight is 525 g/mol. The fourth-order valence-corrected chi connectivity index (χ4v) is 4.96. The number of aromatic nitrogens is 4. The molecule has 4 rings (SSSR count). The lowest BCUT2D eigenvalue weighted by Gasteiger charge is -2.19. The molecule has 2 atom stereocenters. The van der Waals surface area contributed by atoms with Crippen molar-refractivity contribution in [2.45, 2.75) is 63.2 Å². The molecule has 0 radical (unpaired) electrons. The van der Waals surface area contributed by atoms with Crippen LogP contribution in [0.1, 0.15) is 62.5 Å². The highest BCUT2D eigenvalue weighted by Crippen LogP contribution is 2.31. The molecule has 2 aromatic heterocycles. The summed E-state index contributed by atoms with van der Waals surface area (Å²) in [6.45, 7) is -1.05. The number of benzene rings is 1. The number of hydrogen-bond donors (Lipinski definition) is 2. The lowest BCUT2D eigenvalue weighted by molar-refractivity contribution is 0.297. The first-order valence-electron chi connectivity index (χ1n) is 15.8. The molecule has 1 fully saturated rings. The summed E-state index contributed by atoms with van der Waals surface area (Å²) in [5.41, 5.74) is -0.0263. The SMILES string of the molecule is [2H]C(NS(=O)(=O)c1ccc(OCCC)c(-c2nc3c(CC([2H])([2H])C)nn(C)c3c(=O)[nH]2)c1)C([2H])([2H])C1CCCN1C([2H])([2H])[2H]. The first kappa shape index (κ1) is 17.7. The molecule has 196 valence electrons. The zero-order valence-corrected chi connectivity index (χ0v) is 21.3. The molecular weight excluding hydrogens is 480 g/mol. The van der Waals surface area contributed by atoms with Gasteiger partial charge in [-0.3, -0.25) is 9.48 Å². The molecule has 3 heterocycles. The van der Waals surface area contributed by atoms with E-state index in [1.165, 1.54) is 36.9 Å². The number of aryl methyl sites for hydroxylation is 2. The lowest BCUT2D eigenvalue weighted by Crippen LogP contribution is -2.31. The van der Waals surface area contributed by atoms with E-state index in [1.54, 1.807) is 0 Å². The maximum atomic E-state index is 13.5. The largest absolute Gasteiger partial charge is 0.493 e. The van der Waals surface area contributed by atoms with Crippen LogP contribution in [0.25, 0.3) is 22.4 Å². The van der Waals surface area contributed by atoms with Crippen LogP contribution in [0.3, 0.4) is 0 Å². The molecule has 0 spiro atoms. The highest BCUT2D eigenvalue weighted by molar-refractivity contribution is 7.89. The van der Waals surface area contributed by atoms with E-state index in [-0.39, 0.29) is 64.8 Å². The Balaban J connectivity index is 1.76. The van der Waals surface area contributed by atoms with E-state index in [0.29, 0.717) is 12.8 Å². The van der Waals surface area contributed by atoms with Gasteiger partial charge in [0.2, 0.25) is 10.0 Å². The molecule has 3 aromatic rings. The molecule has 10 nitrogen and oxygen atoms in total. The van der Waals surface area contributed by atoms with Crippen LogP contribution in [0.2, 0.25) is 0 Å². The normalized spacial score (nSPS) is 22.0. The smallest absolute Gasteiger partial charge is 0.277 e. The van der Waals surface area contributed by atoms with Gasteiger partial charge in [-0.15, -0.1) is 0 Å². The third-order valence-corrected chi connectivity index (χ3v) is 7.13. The molecular formula is C25H36N6O4S. The van der Waals surface area contributed by atoms with Gasteiger partial charge >= 0.3 is 0 Å². The second-order valence-corrected chi connectivity index (χ2v) is 10.2. The molecule has 2 unspecified atom stereocenters. The van der Waals surface area contributed by atoms with Crippen molar-refractivity contribution < 1.29 is 24.1 Å². The Morgan fingerprint density at radius 3 is 2.94 bits per heavy atom. The third kappa shape index (κ3) is 5.47. The number of rotatable bonds is 11. The first-order valence-corrected chi connectivity index (χ1v) is 13.2. The Morgan fingerprint density at radius 1 is 1.36 bits per heavy atom. The van der Waals surface area contributed by atoms with Gasteiger partial charge in [0.25, 0.3) is 5.56 Å². The Hall–Kier alpha value is -2.76. The zero-order valence-electron chi connectivity index (χ0n) is 28.5.